The van der Waals surface area contributed by atoms with Gasteiger partial charge >= 0.3 is 0 Å². The van der Waals surface area contributed by atoms with Gasteiger partial charge < -0.3 is 16.0 Å². The van der Waals surface area contributed by atoms with E-state index in [0.717, 1.165) is 29.3 Å². The lowest BCUT2D eigenvalue weighted by molar-refractivity contribution is 0.0954. The number of nitrogens with one attached hydrogen (secondary N) is 3. The van der Waals surface area contributed by atoms with Crippen LogP contribution in [0.3, 0.4) is 0 Å². The number of anilines is 2. The van der Waals surface area contributed by atoms with Crippen LogP contribution in [0.4, 0.5) is 11.6 Å². The van der Waals surface area contributed by atoms with Crippen molar-refractivity contribution in [2.75, 3.05) is 30.3 Å². The van der Waals surface area contributed by atoms with Gasteiger partial charge in [-0.1, -0.05) is 17.7 Å². The minimum atomic E-state index is -0.0542. The highest BCUT2D eigenvalue weighted by Crippen LogP contribution is 2.11. The molecule has 0 aliphatic rings. The molecule has 6 heteroatoms. The number of benzene rings is 1. The van der Waals surface area contributed by atoms with Gasteiger partial charge in [0.15, 0.2) is 0 Å². The number of nitrogens with zero attached hydrogens (tertiary/aromatic N) is 2. The SMILES string of the molecule is CCNc1cc(NCCNC(=O)c2ccc(C)cc2C)nc(C)n1. The zero-order valence-electron chi connectivity index (χ0n) is 14.7. The van der Waals surface area contributed by atoms with E-state index in [1.807, 2.05) is 52.0 Å². The monoisotopic (exact) mass is 327 g/mol. The molecule has 6 nitrogen and oxygen atoms in total. The van der Waals surface area contributed by atoms with E-state index >= 15 is 0 Å². The lowest BCUT2D eigenvalue weighted by atomic mass is 10.1. The van der Waals surface area contributed by atoms with Crippen molar-refractivity contribution in [2.24, 2.45) is 0 Å². The molecule has 0 bridgehead atoms. The zero-order valence-corrected chi connectivity index (χ0v) is 14.7. The van der Waals surface area contributed by atoms with Gasteiger partial charge in [-0.15, -0.1) is 0 Å². The maximum absolute atomic E-state index is 12.2. The quantitative estimate of drug-likeness (QED) is 0.681. The highest BCUT2D eigenvalue weighted by atomic mass is 16.1. The molecule has 2 aromatic rings. The van der Waals surface area contributed by atoms with Gasteiger partial charge in [0.2, 0.25) is 0 Å². The Morgan fingerprint density at radius 3 is 2.38 bits per heavy atom. The molecule has 0 atom stereocenters. The normalized spacial score (nSPS) is 10.3. The Morgan fingerprint density at radius 2 is 1.71 bits per heavy atom. The first-order chi connectivity index (χ1) is 11.5. The zero-order chi connectivity index (χ0) is 17.5. The highest BCUT2D eigenvalue weighted by Gasteiger charge is 2.08. The van der Waals surface area contributed by atoms with Crippen LogP contribution in [0.2, 0.25) is 0 Å². The van der Waals surface area contributed by atoms with Gasteiger partial charge in [0.25, 0.3) is 5.91 Å². The van der Waals surface area contributed by atoms with Gasteiger partial charge in [-0.2, -0.15) is 0 Å². The van der Waals surface area contributed by atoms with Crippen LogP contribution in [0.25, 0.3) is 0 Å². The number of rotatable bonds is 7. The van der Waals surface area contributed by atoms with Crippen LogP contribution >= 0.6 is 0 Å². The smallest absolute Gasteiger partial charge is 0.251 e. The molecule has 0 fully saturated rings. The second-order valence-corrected chi connectivity index (χ2v) is 5.72. The summed E-state index contributed by atoms with van der Waals surface area (Å²) in [5, 5.41) is 9.30. The summed E-state index contributed by atoms with van der Waals surface area (Å²) < 4.78 is 0. The van der Waals surface area contributed by atoms with Crippen LogP contribution in [-0.4, -0.2) is 35.5 Å². The van der Waals surface area contributed by atoms with Crippen LogP contribution < -0.4 is 16.0 Å². The van der Waals surface area contributed by atoms with Crippen LogP contribution in [0, 0.1) is 20.8 Å². The Bertz CT molecular complexity index is 715. The molecule has 1 aromatic carbocycles. The third kappa shape index (κ3) is 4.94. The molecule has 0 saturated carbocycles. The topological polar surface area (TPSA) is 78.9 Å². The lowest BCUT2D eigenvalue weighted by Crippen LogP contribution is -2.29. The molecule has 3 N–H and O–H groups in total. The van der Waals surface area contributed by atoms with Gasteiger partial charge in [0.05, 0.1) is 0 Å². The van der Waals surface area contributed by atoms with Crippen LogP contribution in [0.1, 0.15) is 34.2 Å². The van der Waals surface area contributed by atoms with Crippen molar-refractivity contribution in [1.82, 2.24) is 15.3 Å². The fourth-order valence-corrected chi connectivity index (χ4v) is 2.46. The van der Waals surface area contributed by atoms with Crippen molar-refractivity contribution >= 4 is 17.5 Å². The molecule has 24 heavy (non-hydrogen) atoms. The molecule has 0 radical (unpaired) electrons. The van der Waals surface area contributed by atoms with Gasteiger partial charge in [0.1, 0.15) is 17.5 Å². The summed E-state index contributed by atoms with van der Waals surface area (Å²) in [4.78, 5) is 20.9. The fraction of sp³-hybridized carbons (Fsp3) is 0.389. The predicted octanol–water partition coefficient (Wildman–Crippen LogP) is 2.68. The van der Waals surface area contributed by atoms with E-state index in [0.29, 0.717) is 24.5 Å². The number of aryl methyl sites for hydroxylation is 3. The van der Waals surface area contributed by atoms with E-state index in [1.54, 1.807) is 0 Å². The standard InChI is InChI=1S/C18H25N5O/c1-5-19-16-11-17(23-14(4)22-16)20-8-9-21-18(24)15-7-6-12(2)10-13(15)3/h6-7,10-11H,5,8-9H2,1-4H3,(H,21,24)(H2,19,20,22,23). The van der Waals surface area contributed by atoms with Crippen molar-refractivity contribution in [3.05, 3.63) is 46.8 Å². The van der Waals surface area contributed by atoms with Crippen molar-refractivity contribution < 1.29 is 4.79 Å². The van der Waals surface area contributed by atoms with E-state index in [9.17, 15) is 4.79 Å². The molecule has 0 aliphatic heterocycles. The molecule has 1 aromatic heterocycles. The van der Waals surface area contributed by atoms with Crippen molar-refractivity contribution in [3.63, 3.8) is 0 Å². The van der Waals surface area contributed by atoms with Crippen molar-refractivity contribution in [3.8, 4) is 0 Å². The highest BCUT2D eigenvalue weighted by molar-refractivity contribution is 5.95. The van der Waals surface area contributed by atoms with Crippen molar-refractivity contribution in [1.29, 1.82) is 0 Å². The third-order valence-corrected chi connectivity index (χ3v) is 3.54. The molecule has 0 aliphatic carbocycles. The Morgan fingerprint density at radius 1 is 1.00 bits per heavy atom. The van der Waals surface area contributed by atoms with Crippen LogP contribution in [-0.2, 0) is 0 Å². The molecule has 1 amide bonds. The average molecular weight is 327 g/mol. The average Bonchev–Trinajstić information content (AvgIpc) is 2.51. The van der Waals surface area contributed by atoms with E-state index in [-0.39, 0.29) is 5.91 Å². The summed E-state index contributed by atoms with van der Waals surface area (Å²) >= 11 is 0. The number of amides is 1. The first-order valence-corrected chi connectivity index (χ1v) is 8.18. The predicted molar refractivity (Wildman–Crippen MR) is 97.7 cm³/mol. The molecule has 1 heterocycles. The largest absolute Gasteiger partial charge is 0.370 e. The second kappa shape index (κ2) is 8.29. The summed E-state index contributed by atoms with van der Waals surface area (Å²) in [7, 11) is 0. The molecular weight excluding hydrogens is 302 g/mol. The van der Waals surface area contributed by atoms with E-state index in [2.05, 4.69) is 25.9 Å². The number of carbonyl (C=O) groups is 1. The minimum absolute atomic E-state index is 0.0542. The maximum atomic E-state index is 12.2. The number of carbonyl (C=O) groups excluding carboxylic acids is 1. The molecule has 0 saturated heterocycles. The fourth-order valence-electron chi connectivity index (χ4n) is 2.46. The van der Waals surface area contributed by atoms with Gasteiger partial charge in [-0.05, 0) is 39.3 Å². The Kier molecular flexibility index (Phi) is 6.12. The first-order valence-electron chi connectivity index (χ1n) is 8.18. The lowest BCUT2D eigenvalue weighted by Gasteiger charge is -2.11. The molecule has 0 spiro atoms. The number of aromatic nitrogens is 2. The van der Waals surface area contributed by atoms with Crippen LogP contribution in [0.15, 0.2) is 24.3 Å². The summed E-state index contributed by atoms with van der Waals surface area (Å²) in [5.41, 5.74) is 2.86. The summed E-state index contributed by atoms with van der Waals surface area (Å²) in [6.45, 7) is 9.77. The number of hydrogen-bond donors (Lipinski definition) is 3. The Labute approximate surface area is 143 Å². The van der Waals surface area contributed by atoms with E-state index < -0.39 is 0 Å². The number of hydrogen-bond acceptors (Lipinski definition) is 5. The minimum Gasteiger partial charge on any atom is -0.370 e. The van der Waals surface area contributed by atoms with Gasteiger partial charge in [-0.25, -0.2) is 9.97 Å². The Balaban J connectivity index is 1.85. The third-order valence-electron chi connectivity index (χ3n) is 3.54. The maximum Gasteiger partial charge on any atom is 0.251 e. The van der Waals surface area contributed by atoms with Crippen molar-refractivity contribution in [2.45, 2.75) is 27.7 Å². The first kappa shape index (κ1) is 17.7. The van der Waals surface area contributed by atoms with E-state index in [4.69, 9.17) is 0 Å². The summed E-state index contributed by atoms with van der Waals surface area (Å²) in [6.07, 6.45) is 0. The summed E-state index contributed by atoms with van der Waals surface area (Å²) in [5.74, 6) is 2.20. The van der Waals surface area contributed by atoms with E-state index in [1.165, 1.54) is 0 Å². The van der Waals surface area contributed by atoms with Gasteiger partial charge in [-0.3, -0.25) is 4.79 Å². The van der Waals surface area contributed by atoms with Gasteiger partial charge in [0, 0.05) is 31.3 Å². The molecule has 128 valence electrons. The molecular formula is C18H25N5O. The summed E-state index contributed by atoms with van der Waals surface area (Å²) in [6, 6.07) is 7.69. The molecule has 0 unspecified atom stereocenters. The molecule has 2 rings (SSSR count). The van der Waals surface area contributed by atoms with Crippen LogP contribution in [0.5, 0.6) is 0 Å². The second-order valence-electron chi connectivity index (χ2n) is 5.72. The Hall–Kier alpha value is -2.63.